The fraction of sp³-hybridized carbons (Fsp3) is 0.250. The van der Waals surface area contributed by atoms with Crippen LogP contribution in [0.5, 0.6) is 0 Å². The van der Waals surface area contributed by atoms with E-state index in [1.54, 1.807) is 23.4 Å². The standard InChI is InChI=1S/C12H14N6O3/c13-11-10(18(20)21)7-15-12(16-11)17(4-5-19)8-9-2-1-3-14-6-9/h1-3,6-7,19H,4-5,8H2,(H2,13,15,16). The third kappa shape index (κ3) is 3.60. The number of hydrogen-bond acceptors (Lipinski definition) is 8. The van der Waals surface area contributed by atoms with Crippen LogP contribution in [0.15, 0.2) is 30.7 Å². The number of nitrogen functional groups attached to an aromatic ring is 1. The van der Waals surface area contributed by atoms with E-state index in [2.05, 4.69) is 15.0 Å². The van der Waals surface area contributed by atoms with Gasteiger partial charge in [-0.1, -0.05) is 6.07 Å². The third-order valence-electron chi connectivity index (χ3n) is 2.73. The van der Waals surface area contributed by atoms with Crippen LogP contribution in [0, 0.1) is 10.1 Å². The molecule has 0 saturated heterocycles. The minimum Gasteiger partial charge on any atom is -0.395 e. The van der Waals surface area contributed by atoms with Crippen molar-refractivity contribution in [2.45, 2.75) is 6.54 Å². The normalized spacial score (nSPS) is 10.3. The number of anilines is 2. The molecule has 110 valence electrons. The zero-order valence-corrected chi connectivity index (χ0v) is 11.1. The molecule has 0 unspecified atom stereocenters. The second kappa shape index (κ2) is 6.57. The molecule has 0 aliphatic rings. The van der Waals surface area contributed by atoms with E-state index in [0.29, 0.717) is 6.54 Å². The number of pyridine rings is 1. The summed E-state index contributed by atoms with van der Waals surface area (Å²) < 4.78 is 0. The molecule has 2 rings (SSSR count). The lowest BCUT2D eigenvalue weighted by molar-refractivity contribution is -0.384. The maximum absolute atomic E-state index is 10.7. The molecule has 0 aliphatic heterocycles. The van der Waals surface area contributed by atoms with E-state index in [9.17, 15) is 10.1 Å². The van der Waals surface area contributed by atoms with E-state index in [-0.39, 0.29) is 30.6 Å². The Bertz CT molecular complexity index is 622. The molecular formula is C12H14N6O3. The number of hydrogen-bond donors (Lipinski definition) is 2. The first kappa shape index (κ1) is 14.6. The van der Waals surface area contributed by atoms with E-state index >= 15 is 0 Å². The molecule has 0 atom stereocenters. The first-order chi connectivity index (χ1) is 10.1. The quantitative estimate of drug-likeness (QED) is 0.575. The summed E-state index contributed by atoms with van der Waals surface area (Å²) in [6.45, 7) is 0.568. The lowest BCUT2D eigenvalue weighted by Crippen LogP contribution is -2.28. The first-order valence-corrected chi connectivity index (χ1v) is 6.13. The molecule has 0 radical (unpaired) electrons. The molecule has 0 fully saturated rings. The summed E-state index contributed by atoms with van der Waals surface area (Å²) >= 11 is 0. The lowest BCUT2D eigenvalue weighted by Gasteiger charge is -2.21. The van der Waals surface area contributed by atoms with Gasteiger partial charge in [0.05, 0.1) is 11.5 Å². The molecule has 9 heteroatoms. The average Bonchev–Trinajstić information content (AvgIpc) is 2.47. The molecule has 2 aromatic rings. The highest BCUT2D eigenvalue weighted by Crippen LogP contribution is 2.21. The average molecular weight is 290 g/mol. The summed E-state index contributed by atoms with van der Waals surface area (Å²) in [5, 5.41) is 19.8. The van der Waals surface area contributed by atoms with E-state index in [1.807, 2.05) is 6.07 Å². The molecule has 9 nitrogen and oxygen atoms in total. The fourth-order valence-electron chi connectivity index (χ4n) is 1.75. The smallest absolute Gasteiger partial charge is 0.329 e. The van der Waals surface area contributed by atoms with Crippen molar-refractivity contribution in [3.63, 3.8) is 0 Å². The van der Waals surface area contributed by atoms with E-state index < -0.39 is 4.92 Å². The van der Waals surface area contributed by atoms with Gasteiger partial charge in [0.15, 0.2) is 0 Å². The summed E-state index contributed by atoms with van der Waals surface area (Å²) in [6, 6.07) is 3.66. The molecule has 2 heterocycles. The molecular weight excluding hydrogens is 276 g/mol. The van der Waals surface area contributed by atoms with Gasteiger partial charge in [0.1, 0.15) is 6.20 Å². The Morgan fingerprint density at radius 1 is 1.43 bits per heavy atom. The van der Waals surface area contributed by atoms with Gasteiger partial charge in [-0.05, 0) is 11.6 Å². The fourth-order valence-corrected chi connectivity index (χ4v) is 1.75. The van der Waals surface area contributed by atoms with Gasteiger partial charge in [-0.3, -0.25) is 15.1 Å². The third-order valence-corrected chi connectivity index (χ3v) is 2.73. The summed E-state index contributed by atoms with van der Waals surface area (Å²) in [4.78, 5) is 23.6. The van der Waals surface area contributed by atoms with E-state index in [1.165, 1.54) is 0 Å². The van der Waals surface area contributed by atoms with Gasteiger partial charge >= 0.3 is 5.69 Å². The van der Waals surface area contributed by atoms with Gasteiger partial charge in [-0.15, -0.1) is 0 Å². The van der Waals surface area contributed by atoms with Crippen molar-refractivity contribution in [2.75, 3.05) is 23.8 Å². The zero-order chi connectivity index (χ0) is 15.2. The maximum Gasteiger partial charge on any atom is 0.329 e. The van der Waals surface area contributed by atoms with Crippen molar-refractivity contribution in [2.24, 2.45) is 0 Å². The number of aliphatic hydroxyl groups excluding tert-OH is 1. The molecule has 21 heavy (non-hydrogen) atoms. The Kier molecular flexibility index (Phi) is 4.57. The summed E-state index contributed by atoms with van der Waals surface area (Å²) in [7, 11) is 0. The molecule has 0 aromatic carbocycles. The highest BCUT2D eigenvalue weighted by molar-refractivity contribution is 5.53. The number of nitrogens with zero attached hydrogens (tertiary/aromatic N) is 5. The highest BCUT2D eigenvalue weighted by Gasteiger charge is 2.17. The lowest BCUT2D eigenvalue weighted by atomic mass is 10.2. The van der Waals surface area contributed by atoms with Gasteiger partial charge in [0.25, 0.3) is 0 Å². The summed E-state index contributed by atoms with van der Waals surface area (Å²) in [5.74, 6) is 0.00938. The van der Waals surface area contributed by atoms with Gasteiger partial charge in [-0.2, -0.15) is 4.98 Å². The van der Waals surface area contributed by atoms with Crippen LogP contribution in [-0.4, -0.2) is 38.1 Å². The molecule has 2 aromatic heterocycles. The van der Waals surface area contributed by atoms with Crippen molar-refractivity contribution in [3.8, 4) is 0 Å². The number of nitro groups is 1. The van der Waals surface area contributed by atoms with Gasteiger partial charge in [0.2, 0.25) is 11.8 Å². The zero-order valence-electron chi connectivity index (χ0n) is 11.1. The molecule has 0 saturated carbocycles. The molecule has 3 N–H and O–H groups in total. The molecule has 0 spiro atoms. The Balaban J connectivity index is 2.26. The number of rotatable bonds is 6. The Hall–Kier alpha value is -2.81. The van der Waals surface area contributed by atoms with Crippen LogP contribution in [0.4, 0.5) is 17.5 Å². The number of nitrogens with two attached hydrogens (primary N) is 1. The van der Waals surface area contributed by atoms with Crippen LogP contribution in [-0.2, 0) is 6.54 Å². The number of aromatic nitrogens is 3. The van der Waals surface area contributed by atoms with Crippen LogP contribution in [0.25, 0.3) is 0 Å². The molecule has 0 bridgehead atoms. The van der Waals surface area contributed by atoms with Crippen LogP contribution in [0.3, 0.4) is 0 Å². The van der Waals surface area contributed by atoms with Crippen molar-refractivity contribution in [1.29, 1.82) is 0 Å². The first-order valence-electron chi connectivity index (χ1n) is 6.13. The van der Waals surface area contributed by atoms with E-state index in [4.69, 9.17) is 10.8 Å². The molecule has 0 aliphatic carbocycles. The van der Waals surface area contributed by atoms with Crippen molar-refractivity contribution >= 4 is 17.5 Å². The Labute approximate surface area is 120 Å². The predicted octanol–water partition coefficient (Wildman–Crippen LogP) is 0.361. The highest BCUT2D eigenvalue weighted by atomic mass is 16.6. The second-order valence-corrected chi connectivity index (χ2v) is 4.20. The maximum atomic E-state index is 10.7. The van der Waals surface area contributed by atoms with Gasteiger partial charge in [-0.25, -0.2) is 4.98 Å². The SMILES string of the molecule is Nc1nc(N(CCO)Cc2cccnc2)ncc1[N+](=O)[O-]. The largest absolute Gasteiger partial charge is 0.395 e. The van der Waals surface area contributed by atoms with Crippen molar-refractivity contribution < 1.29 is 10.0 Å². The molecule has 0 amide bonds. The topological polar surface area (TPSA) is 131 Å². The predicted molar refractivity (Wildman–Crippen MR) is 75.5 cm³/mol. The summed E-state index contributed by atoms with van der Waals surface area (Å²) in [6.07, 6.45) is 4.39. The van der Waals surface area contributed by atoms with Crippen LogP contribution in [0.2, 0.25) is 0 Å². The van der Waals surface area contributed by atoms with Crippen molar-refractivity contribution in [1.82, 2.24) is 15.0 Å². The van der Waals surface area contributed by atoms with Gasteiger partial charge < -0.3 is 15.7 Å². The number of aliphatic hydroxyl groups is 1. The second-order valence-electron chi connectivity index (χ2n) is 4.20. The minimum absolute atomic E-state index is 0.111. The van der Waals surface area contributed by atoms with Crippen LogP contribution in [0.1, 0.15) is 5.56 Å². The Morgan fingerprint density at radius 2 is 2.24 bits per heavy atom. The Morgan fingerprint density at radius 3 is 2.81 bits per heavy atom. The van der Waals surface area contributed by atoms with Crippen LogP contribution >= 0.6 is 0 Å². The van der Waals surface area contributed by atoms with Gasteiger partial charge in [0, 0.05) is 25.5 Å². The van der Waals surface area contributed by atoms with Crippen molar-refractivity contribution in [3.05, 3.63) is 46.4 Å². The monoisotopic (exact) mass is 290 g/mol. The van der Waals surface area contributed by atoms with Crippen LogP contribution < -0.4 is 10.6 Å². The minimum atomic E-state index is -0.642. The van der Waals surface area contributed by atoms with E-state index in [0.717, 1.165) is 11.8 Å². The summed E-state index contributed by atoms with van der Waals surface area (Å²) in [5.41, 5.74) is 6.11.